The maximum atomic E-state index is 16.0. The Morgan fingerprint density at radius 2 is 1.93 bits per heavy atom. The molecular weight excluding hydrogens is 626 g/mol. The van der Waals surface area contributed by atoms with Gasteiger partial charge in [-0.2, -0.15) is 4.98 Å². The van der Waals surface area contributed by atoms with E-state index in [2.05, 4.69) is 48.0 Å². The first kappa shape index (κ1) is 27.8. The highest BCUT2D eigenvalue weighted by Gasteiger charge is 2.30. The zero-order chi connectivity index (χ0) is 28.7. The number of nitrogens with zero attached hydrogens (tertiary/aromatic N) is 4. The number of hydrogen-bond acceptors (Lipinski definition) is 5. The van der Waals surface area contributed by atoms with E-state index in [1.807, 2.05) is 36.1 Å². The Hall–Kier alpha value is -3.73. The Balaban J connectivity index is 1.80. The van der Waals surface area contributed by atoms with Crippen molar-refractivity contribution in [2.24, 2.45) is 0 Å². The number of carbonyl (C=O) groups is 1. The lowest BCUT2D eigenvalue weighted by Gasteiger charge is -2.40. The summed E-state index contributed by atoms with van der Waals surface area (Å²) >= 11 is 2.07. The number of benzene rings is 3. The highest BCUT2D eigenvalue weighted by molar-refractivity contribution is 14.1. The summed E-state index contributed by atoms with van der Waals surface area (Å²) < 4.78 is 18.2. The number of hydrogen-bond donors (Lipinski definition) is 1. The second-order valence-electron chi connectivity index (χ2n) is 10.3. The number of rotatable bonds is 5. The molecule has 1 aromatic heterocycles. The lowest BCUT2D eigenvalue weighted by molar-refractivity contribution is -0.126. The predicted octanol–water partition coefficient (Wildman–Crippen LogP) is 5.85. The quantitative estimate of drug-likeness (QED) is 0.216. The van der Waals surface area contributed by atoms with Gasteiger partial charge in [0.15, 0.2) is 0 Å². The van der Waals surface area contributed by atoms with Crippen LogP contribution in [0.5, 0.6) is 5.75 Å². The predicted molar refractivity (Wildman–Crippen MR) is 165 cm³/mol. The van der Waals surface area contributed by atoms with Crippen LogP contribution in [0.4, 0.5) is 10.2 Å². The van der Waals surface area contributed by atoms with Crippen LogP contribution in [0.2, 0.25) is 0 Å². The first-order valence-corrected chi connectivity index (χ1v) is 14.2. The molecule has 1 saturated heterocycles. The minimum absolute atomic E-state index is 0.0486. The molecule has 5 rings (SSSR count). The van der Waals surface area contributed by atoms with Crippen molar-refractivity contribution in [3.8, 4) is 22.6 Å². The Morgan fingerprint density at radius 1 is 1.18 bits per heavy atom. The fraction of sp³-hybridized carbons (Fsp3) is 0.258. The maximum absolute atomic E-state index is 16.0. The summed E-state index contributed by atoms with van der Waals surface area (Å²) in [4.78, 5) is 34.3. The fourth-order valence-corrected chi connectivity index (χ4v) is 6.21. The highest BCUT2D eigenvalue weighted by Crippen LogP contribution is 2.39. The molecule has 40 heavy (non-hydrogen) atoms. The summed E-state index contributed by atoms with van der Waals surface area (Å²) in [7, 11) is 0. The van der Waals surface area contributed by atoms with Gasteiger partial charge in [-0.15, -0.1) is 0 Å². The van der Waals surface area contributed by atoms with Gasteiger partial charge < -0.3 is 14.9 Å². The van der Waals surface area contributed by atoms with Crippen molar-refractivity contribution in [3.63, 3.8) is 0 Å². The maximum Gasteiger partial charge on any atom is 0.354 e. The number of phenols is 1. The summed E-state index contributed by atoms with van der Waals surface area (Å²) in [5, 5.41) is 11.2. The third-order valence-electron chi connectivity index (χ3n) is 7.41. The normalized spacial score (nSPS) is 15.6. The van der Waals surface area contributed by atoms with E-state index in [0.29, 0.717) is 51.2 Å². The number of piperazine rings is 1. The molecule has 7 nitrogen and oxygen atoms in total. The number of fused-ring (bicyclic) bond motifs is 1. The summed E-state index contributed by atoms with van der Waals surface area (Å²) in [6.07, 6.45) is 1.29. The lowest BCUT2D eigenvalue weighted by Crippen LogP contribution is -2.54. The largest absolute Gasteiger partial charge is 0.507 e. The molecule has 1 fully saturated rings. The van der Waals surface area contributed by atoms with Crippen molar-refractivity contribution in [1.82, 2.24) is 14.5 Å². The standard InChI is InChI=1S/C31H30FIN4O3/c1-5-28(39)35-13-14-36(19(4)17-35)30-22-15-23(32)21(29-24(33)10-8-12-27(29)38)16-26(22)37(31(40)34-30)25-11-7-6-9-20(25)18(2)3/h5-12,15-16,18-19,38H,1,13-14,17H2,2-4H3/t19-/m0/s1/i33+4. The van der Waals surface area contributed by atoms with Gasteiger partial charge in [0.2, 0.25) is 5.91 Å². The molecule has 9 heteroatoms. The second-order valence-corrected chi connectivity index (χ2v) is 11.4. The smallest absolute Gasteiger partial charge is 0.354 e. The van der Waals surface area contributed by atoms with Crippen LogP contribution in [0, 0.1) is 9.39 Å². The van der Waals surface area contributed by atoms with E-state index >= 15 is 4.39 Å². The second kappa shape index (κ2) is 11.0. The molecule has 0 bridgehead atoms. The highest BCUT2D eigenvalue weighted by atomic mass is 131. The Morgan fingerprint density at radius 3 is 2.60 bits per heavy atom. The van der Waals surface area contributed by atoms with Crippen LogP contribution >= 0.6 is 22.6 Å². The van der Waals surface area contributed by atoms with Crippen molar-refractivity contribution in [3.05, 3.63) is 92.7 Å². The van der Waals surface area contributed by atoms with Crippen molar-refractivity contribution < 1.29 is 14.3 Å². The molecular formula is C31H30FIN4O3. The lowest BCUT2D eigenvalue weighted by atomic mass is 9.99. The van der Waals surface area contributed by atoms with Gasteiger partial charge in [-0.25, -0.2) is 9.18 Å². The topological polar surface area (TPSA) is 78.7 Å². The molecule has 1 atom stereocenters. The van der Waals surface area contributed by atoms with Crippen LogP contribution in [0.25, 0.3) is 27.7 Å². The first-order chi connectivity index (χ1) is 19.1. The Kier molecular flexibility index (Phi) is 7.67. The van der Waals surface area contributed by atoms with Gasteiger partial charge in [0, 0.05) is 45.8 Å². The van der Waals surface area contributed by atoms with Crippen molar-refractivity contribution >= 4 is 45.2 Å². The summed E-state index contributed by atoms with van der Waals surface area (Å²) in [6.45, 7) is 10.9. The van der Waals surface area contributed by atoms with Crippen molar-refractivity contribution in [2.75, 3.05) is 24.5 Å². The minimum Gasteiger partial charge on any atom is -0.507 e. The molecule has 3 aromatic carbocycles. The Labute approximate surface area is 245 Å². The number of aromatic nitrogens is 2. The van der Waals surface area contributed by atoms with Crippen molar-refractivity contribution in [1.29, 1.82) is 0 Å². The number of para-hydroxylation sites is 1. The van der Waals surface area contributed by atoms with Crippen molar-refractivity contribution in [2.45, 2.75) is 32.7 Å². The van der Waals surface area contributed by atoms with E-state index in [9.17, 15) is 14.7 Å². The number of aromatic hydroxyl groups is 1. The first-order valence-electron chi connectivity index (χ1n) is 13.1. The summed E-state index contributed by atoms with van der Waals surface area (Å²) in [5.74, 6) is -0.253. The van der Waals surface area contributed by atoms with Gasteiger partial charge in [-0.3, -0.25) is 9.36 Å². The van der Waals surface area contributed by atoms with Gasteiger partial charge >= 0.3 is 5.69 Å². The number of phenolic OH excluding ortho intramolecular Hbond substituents is 1. The number of halogens is 2. The van der Waals surface area contributed by atoms with Gasteiger partial charge in [-0.1, -0.05) is 44.7 Å². The molecule has 1 aliphatic heterocycles. The average Bonchev–Trinajstić information content (AvgIpc) is 2.92. The van der Waals surface area contributed by atoms with E-state index in [1.54, 1.807) is 23.1 Å². The number of amides is 1. The van der Waals surface area contributed by atoms with Crippen LogP contribution in [0.3, 0.4) is 0 Å². The van der Waals surface area contributed by atoms with Gasteiger partial charge in [0.1, 0.15) is 17.4 Å². The zero-order valence-corrected chi connectivity index (χ0v) is 24.7. The molecule has 0 unspecified atom stereocenters. The number of anilines is 1. The van der Waals surface area contributed by atoms with E-state index in [4.69, 9.17) is 0 Å². The van der Waals surface area contributed by atoms with Gasteiger partial charge in [-0.05, 0) is 77.4 Å². The molecule has 206 valence electrons. The minimum atomic E-state index is -0.537. The number of carbonyl (C=O) groups excluding carboxylic acids is 1. The monoisotopic (exact) mass is 656 g/mol. The van der Waals surface area contributed by atoms with E-state index in [0.717, 1.165) is 5.56 Å². The van der Waals surface area contributed by atoms with E-state index < -0.39 is 11.5 Å². The summed E-state index contributed by atoms with van der Waals surface area (Å²) in [6, 6.07) is 15.5. The van der Waals surface area contributed by atoms with Crippen LogP contribution in [0.15, 0.2) is 72.0 Å². The van der Waals surface area contributed by atoms with Crippen LogP contribution in [-0.2, 0) is 4.79 Å². The molecule has 0 saturated carbocycles. The SMILES string of the molecule is C=CC(=O)N1CCN(c2nc(=O)n(-c3ccccc3C(C)C)c3cc(-c4c(O)cccc4[131I])c(F)cc23)[C@@H](C)C1. The molecule has 2 heterocycles. The molecule has 4 aromatic rings. The molecule has 0 radical (unpaired) electrons. The fourth-order valence-electron chi connectivity index (χ4n) is 5.43. The van der Waals surface area contributed by atoms with Crippen LogP contribution in [0.1, 0.15) is 32.3 Å². The van der Waals surface area contributed by atoms with Gasteiger partial charge in [0.05, 0.1) is 11.2 Å². The average molecular weight is 657 g/mol. The summed E-state index contributed by atoms with van der Waals surface area (Å²) in [5.41, 5.74) is 2.17. The molecule has 0 spiro atoms. The van der Waals surface area contributed by atoms with Crippen LogP contribution < -0.4 is 10.6 Å². The molecule has 0 aliphatic carbocycles. The molecule has 1 N–H and O–H groups in total. The van der Waals surface area contributed by atoms with Gasteiger partial charge in [0.25, 0.3) is 0 Å². The van der Waals surface area contributed by atoms with E-state index in [1.165, 1.54) is 22.8 Å². The third kappa shape index (κ3) is 4.87. The van der Waals surface area contributed by atoms with Crippen LogP contribution in [-0.4, -0.2) is 51.1 Å². The van der Waals surface area contributed by atoms with E-state index in [-0.39, 0.29) is 29.2 Å². The Bertz CT molecular complexity index is 1680. The molecule has 1 amide bonds. The third-order valence-corrected chi connectivity index (χ3v) is 8.31. The zero-order valence-electron chi connectivity index (χ0n) is 22.6. The molecule has 1 aliphatic rings.